The fourth-order valence-electron chi connectivity index (χ4n) is 2.28. The van der Waals surface area contributed by atoms with Crippen molar-refractivity contribution in [2.45, 2.75) is 56.8 Å². The molecule has 0 saturated heterocycles. The van der Waals surface area contributed by atoms with Crippen LogP contribution in [0.5, 0.6) is 0 Å². The first-order chi connectivity index (χ1) is 13.6. The minimum Gasteiger partial charge on any atom is -0.480 e. The molecule has 0 bridgehead atoms. The van der Waals surface area contributed by atoms with E-state index in [-0.39, 0.29) is 12.8 Å². The number of carboxylic acid groups (broad SMARTS) is 1. The zero-order valence-corrected chi connectivity index (χ0v) is 17.7. The van der Waals surface area contributed by atoms with E-state index in [1.54, 1.807) is 0 Å². The van der Waals surface area contributed by atoms with Gasteiger partial charge in [-0.2, -0.15) is 11.8 Å². The van der Waals surface area contributed by atoms with Gasteiger partial charge in [0.2, 0.25) is 17.7 Å². The van der Waals surface area contributed by atoms with E-state index in [4.69, 9.17) is 16.6 Å². The lowest BCUT2D eigenvalue weighted by Gasteiger charge is -2.22. The highest BCUT2D eigenvalue weighted by molar-refractivity contribution is 7.98. The van der Waals surface area contributed by atoms with E-state index < -0.39 is 54.5 Å². The number of aliphatic hydroxyl groups is 1. The molecule has 29 heavy (non-hydrogen) atoms. The largest absolute Gasteiger partial charge is 0.480 e. The Morgan fingerprint density at radius 3 is 2.21 bits per heavy atom. The highest BCUT2D eigenvalue weighted by Gasteiger charge is 2.26. The van der Waals surface area contributed by atoms with Crippen LogP contribution in [0, 0.1) is 0 Å². The molecule has 0 aliphatic rings. The lowest BCUT2D eigenvalue weighted by molar-refractivity contribution is -0.141. The maximum absolute atomic E-state index is 12.4. The third-order valence-corrected chi connectivity index (χ3v) is 4.71. The van der Waals surface area contributed by atoms with Crippen LogP contribution in [-0.4, -0.2) is 83.2 Å². The zero-order chi connectivity index (χ0) is 22.4. The predicted octanol–water partition coefficient (Wildman–Crippen LogP) is -2.25. The summed E-state index contributed by atoms with van der Waals surface area (Å²) in [7, 11) is 0. The minimum atomic E-state index is -1.20. The molecule has 0 aromatic carbocycles. The molecule has 0 rings (SSSR count). The molecule has 168 valence electrons. The number of hydrogen-bond donors (Lipinski definition) is 7. The van der Waals surface area contributed by atoms with Crippen LogP contribution in [0.25, 0.3) is 0 Å². The fourth-order valence-corrected chi connectivity index (χ4v) is 2.75. The summed E-state index contributed by atoms with van der Waals surface area (Å²) in [5.74, 6) is -2.56. The average Bonchev–Trinajstić information content (AvgIpc) is 2.67. The van der Waals surface area contributed by atoms with E-state index in [9.17, 15) is 24.3 Å². The number of rotatable bonds is 15. The van der Waals surface area contributed by atoms with Crippen molar-refractivity contribution in [1.29, 1.82) is 0 Å². The number of carbonyl (C=O) groups is 4. The molecule has 0 radical (unpaired) electrons. The highest BCUT2D eigenvalue weighted by Crippen LogP contribution is 2.03. The number of carbonyl (C=O) groups excluding carboxylic acids is 3. The first kappa shape index (κ1) is 27.1. The third kappa shape index (κ3) is 11.6. The molecular weight excluding hydrogens is 402 g/mol. The lowest BCUT2D eigenvalue weighted by atomic mass is 10.1. The van der Waals surface area contributed by atoms with Gasteiger partial charge in [-0.25, -0.2) is 4.79 Å². The van der Waals surface area contributed by atoms with E-state index in [1.165, 1.54) is 18.7 Å². The van der Waals surface area contributed by atoms with E-state index in [0.717, 1.165) is 0 Å². The molecule has 12 heteroatoms. The van der Waals surface area contributed by atoms with Crippen molar-refractivity contribution >= 4 is 35.5 Å². The predicted molar refractivity (Wildman–Crippen MR) is 110 cm³/mol. The normalized spacial score (nSPS) is 14.9. The highest BCUT2D eigenvalue weighted by atomic mass is 32.2. The van der Waals surface area contributed by atoms with Crippen molar-refractivity contribution in [3.05, 3.63) is 0 Å². The minimum absolute atomic E-state index is 0.255. The van der Waals surface area contributed by atoms with Crippen LogP contribution in [0.3, 0.4) is 0 Å². The quantitative estimate of drug-likeness (QED) is 0.139. The van der Waals surface area contributed by atoms with Crippen molar-refractivity contribution in [3.8, 4) is 0 Å². The Kier molecular flexibility index (Phi) is 14.0. The number of unbranched alkanes of at least 4 members (excludes halogenated alkanes) is 1. The maximum Gasteiger partial charge on any atom is 0.326 e. The second-order valence-electron chi connectivity index (χ2n) is 6.57. The Balaban J connectivity index is 4.79. The molecule has 0 saturated carbocycles. The van der Waals surface area contributed by atoms with Crippen molar-refractivity contribution in [2.75, 3.05) is 25.1 Å². The topological polar surface area (TPSA) is 197 Å². The number of nitrogens with two attached hydrogens (primary N) is 2. The van der Waals surface area contributed by atoms with Crippen LogP contribution in [0.1, 0.15) is 32.6 Å². The lowest BCUT2D eigenvalue weighted by Crippen LogP contribution is -2.55. The number of aliphatic carboxylic acids is 1. The van der Waals surface area contributed by atoms with Gasteiger partial charge in [0, 0.05) is 0 Å². The monoisotopic (exact) mass is 435 g/mol. The molecule has 9 N–H and O–H groups in total. The molecule has 0 fully saturated rings. The number of hydrogen-bond acceptors (Lipinski definition) is 8. The molecule has 0 aromatic heterocycles. The smallest absolute Gasteiger partial charge is 0.326 e. The van der Waals surface area contributed by atoms with Gasteiger partial charge in [-0.1, -0.05) is 0 Å². The van der Waals surface area contributed by atoms with Crippen LogP contribution < -0.4 is 27.4 Å². The summed E-state index contributed by atoms with van der Waals surface area (Å²) in [6.07, 6.45) is 2.45. The van der Waals surface area contributed by atoms with Crippen LogP contribution in [-0.2, 0) is 19.2 Å². The van der Waals surface area contributed by atoms with Crippen LogP contribution >= 0.6 is 11.8 Å². The van der Waals surface area contributed by atoms with Gasteiger partial charge in [-0.15, -0.1) is 0 Å². The SMILES string of the molecule is CSCCC(NC(=O)CNC(=O)C(CCCCN)NC(=O)C(N)C(C)O)C(=O)O. The summed E-state index contributed by atoms with van der Waals surface area (Å²) >= 11 is 1.45. The van der Waals surface area contributed by atoms with Crippen LogP contribution in [0.2, 0.25) is 0 Å². The van der Waals surface area contributed by atoms with Crippen molar-refractivity contribution in [3.63, 3.8) is 0 Å². The summed E-state index contributed by atoms with van der Waals surface area (Å²) in [6, 6.07) is -3.20. The fraction of sp³-hybridized carbons (Fsp3) is 0.765. The number of thioether (sulfide) groups is 1. The van der Waals surface area contributed by atoms with E-state index >= 15 is 0 Å². The third-order valence-electron chi connectivity index (χ3n) is 4.07. The molecule has 4 atom stereocenters. The van der Waals surface area contributed by atoms with Crippen molar-refractivity contribution in [1.82, 2.24) is 16.0 Å². The van der Waals surface area contributed by atoms with Gasteiger partial charge >= 0.3 is 5.97 Å². The Morgan fingerprint density at radius 1 is 1.03 bits per heavy atom. The molecule has 3 amide bonds. The molecule has 0 heterocycles. The number of amides is 3. The summed E-state index contributed by atoms with van der Waals surface area (Å²) < 4.78 is 0. The second-order valence-corrected chi connectivity index (χ2v) is 7.56. The first-order valence-electron chi connectivity index (χ1n) is 9.36. The molecule has 0 aliphatic carbocycles. The number of nitrogens with one attached hydrogen (secondary N) is 3. The molecule has 4 unspecified atom stereocenters. The van der Waals surface area contributed by atoms with E-state index in [0.29, 0.717) is 25.1 Å². The van der Waals surface area contributed by atoms with Gasteiger partial charge in [0.1, 0.15) is 18.1 Å². The van der Waals surface area contributed by atoms with Crippen molar-refractivity contribution in [2.24, 2.45) is 11.5 Å². The molecular formula is C17H33N5O6S. The summed E-state index contributed by atoms with van der Waals surface area (Å²) in [5.41, 5.74) is 11.0. The summed E-state index contributed by atoms with van der Waals surface area (Å²) in [6.45, 7) is 1.34. The average molecular weight is 436 g/mol. The van der Waals surface area contributed by atoms with Gasteiger partial charge < -0.3 is 37.6 Å². The summed E-state index contributed by atoms with van der Waals surface area (Å²) in [4.78, 5) is 47.6. The maximum atomic E-state index is 12.4. The van der Waals surface area contributed by atoms with E-state index in [2.05, 4.69) is 16.0 Å². The van der Waals surface area contributed by atoms with Gasteiger partial charge in [-0.05, 0) is 51.2 Å². The van der Waals surface area contributed by atoms with Gasteiger partial charge in [0.25, 0.3) is 0 Å². The van der Waals surface area contributed by atoms with Crippen molar-refractivity contribution < 1.29 is 29.4 Å². The summed E-state index contributed by atoms with van der Waals surface area (Å²) in [5, 5.41) is 25.7. The molecule has 0 aromatic rings. The standard InChI is InChI=1S/C17H33N5O6S/c1-10(23)14(19)16(26)22-11(5-3-4-7-18)15(25)20-9-13(24)21-12(17(27)28)6-8-29-2/h10-12,14,23H,3-9,18-19H2,1-2H3,(H,20,25)(H,21,24)(H,22,26)(H,27,28). The second kappa shape index (κ2) is 15.0. The number of aliphatic hydroxyl groups excluding tert-OH is 1. The zero-order valence-electron chi connectivity index (χ0n) is 16.8. The Hall–Kier alpha value is -1.89. The first-order valence-corrected chi connectivity index (χ1v) is 10.8. The van der Waals surface area contributed by atoms with E-state index in [1.807, 2.05) is 6.26 Å². The Bertz CT molecular complexity index is 548. The Labute approximate surface area is 174 Å². The molecule has 11 nitrogen and oxygen atoms in total. The number of carboxylic acids is 1. The van der Waals surface area contributed by atoms with Crippen LogP contribution in [0.4, 0.5) is 0 Å². The van der Waals surface area contributed by atoms with Gasteiger partial charge in [0.15, 0.2) is 0 Å². The van der Waals surface area contributed by atoms with Gasteiger partial charge in [-0.3, -0.25) is 14.4 Å². The van der Waals surface area contributed by atoms with Crippen LogP contribution in [0.15, 0.2) is 0 Å². The molecule has 0 spiro atoms. The van der Waals surface area contributed by atoms with Gasteiger partial charge in [0.05, 0.1) is 12.6 Å². The molecule has 0 aliphatic heterocycles. The Morgan fingerprint density at radius 2 is 1.69 bits per heavy atom.